The Morgan fingerprint density at radius 2 is 1.52 bits per heavy atom. The first-order valence-electron chi connectivity index (χ1n) is 8.05. The van der Waals surface area contributed by atoms with Gasteiger partial charge in [-0.2, -0.15) is 0 Å². The third-order valence-corrected chi connectivity index (χ3v) is 4.62. The molecule has 23 heavy (non-hydrogen) atoms. The number of nitrogens with zero attached hydrogens (tertiary/aromatic N) is 1. The molecule has 3 nitrogen and oxygen atoms in total. The first-order chi connectivity index (χ1) is 11.2. The Labute approximate surface area is 136 Å². The van der Waals surface area contributed by atoms with Gasteiger partial charge < -0.3 is 4.90 Å². The van der Waals surface area contributed by atoms with E-state index in [9.17, 15) is 9.59 Å². The van der Waals surface area contributed by atoms with E-state index in [0.29, 0.717) is 19.5 Å². The maximum Gasteiger partial charge on any atom is 0.219 e. The number of Topliss-reactive ketones (excluding diaryl/α,β-unsaturated/α-hetero) is 1. The largest absolute Gasteiger partial charge is 0.342 e. The van der Waals surface area contributed by atoms with Gasteiger partial charge in [0.05, 0.1) is 0 Å². The Bertz CT molecular complexity index is 642. The molecule has 1 aliphatic rings. The van der Waals surface area contributed by atoms with Crippen LogP contribution in [-0.2, 0) is 9.59 Å². The number of hydrogen-bond acceptors (Lipinski definition) is 2. The fourth-order valence-corrected chi connectivity index (χ4v) is 3.42. The second kappa shape index (κ2) is 6.78. The highest BCUT2D eigenvalue weighted by Crippen LogP contribution is 2.35. The molecular weight excluding hydrogens is 286 g/mol. The lowest BCUT2D eigenvalue weighted by atomic mass is 9.76. The van der Waals surface area contributed by atoms with Crippen LogP contribution >= 0.6 is 0 Å². The molecule has 3 rings (SSSR count). The smallest absolute Gasteiger partial charge is 0.219 e. The normalized spacial score (nSPS) is 18.3. The lowest BCUT2D eigenvalue weighted by molar-refractivity contribution is -0.135. The molecule has 1 saturated heterocycles. The predicted octanol–water partition coefficient (Wildman–Crippen LogP) is 3.26. The number of amides is 1. The molecular formula is C20H21NO2. The Balaban J connectivity index is 2.01. The number of carbonyl (C=O) groups excluding carboxylic acids is 2. The van der Waals surface area contributed by atoms with Gasteiger partial charge in [0.15, 0.2) is 0 Å². The molecule has 0 aliphatic carbocycles. The van der Waals surface area contributed by atoms with Crippen LogP contribution in [0.3, 0.4) is 0 Å². The number of carbonyl (C=O) groups is 2. The molecule has 0 aromatic heterocycles. The van der Waals surface area contributed by atoms with E-state index in [-0.39, 0.29) is 23.5 Å². The minimum absolute atomic E-state index is 0.00736. The van der Waals surface area contributed by atoms with E-state index < -0.39 is 0 Å². The van der Waals surface area contributed by atoms with Crippen LogP contribution in [0.2, 0.25) is 0 Å². The van der Waals surface area contributed by atoms with E-state index in [1.165, 1.54) is 0 Å². The van der Waals surface area contributed by atoms with Crippen molar-refractivity contribution in [3.63, 3.8) is 0 Å². The number of hydrogen-bond donors (Lipinski definition) is 0. The number of benzene rings is 2. The fourth-order valence-electron chi connectivity index (χ4n) is 3.42. The average Bonchev–Trinajstić information content (AvgIpc) is 2.58. The van der Waals surface area contributed by atoms with Crippen molar-refractivity contribution in [3.8, 4) is 0 Å². The van der Waals surface area contributed by atoms with Crippen LogP contribution in [0.4, 0.5) is 0 Å². The van der Waals surface area contributed by atoms with Gasteiger partial charge in [-0.3, -0.25) is 9.59 Å². The van der Waals surface area contributed by atoms with Crippen molar-refractivity contribution >= 4 is 11.7 Å². The quantitative estimate of drug-likeness (QED) is 0.873. The molecule has 0 N–H and O–H groups in total. The van der Waals surface area contributed by atoms with Crippen LogP contribution in [0.25, 0.3) is 0 Å². The van der Waals surface area contributed by atoms with Gasteiger partial charge in [0.25, 0.3) is 0 Å². The molecule has 0 radical (unpaired) electrons. The molecule has 1 unspecified atom stereocenters. The summed E-state index contributed by atoms with van der Waals surface area (Å²) < 4.78 is 0. The molecule has 118 valence electrons. The number of ketones is 1. The van der Waals surface area contributed by atoms with Crippen LogP contribution < -0.4 is 0 Å². The Kier molecular flexibility index (Phi) is 4.56. The van der Waals surface area contributed by atoms with Crippen molar-refractivity contribution in [2.75, 3.05) is 13.1 Å². The van der Waals surface area contributed by atoms with Gasteiger partial charge in [0, 0.05) is 38.3 Å². The highest BCUT2D eigenvalue weighted by molar-refractivity contribution is 5.86. The van der Waals surface area contributed by atoms with Gasteiger partial charge in [-0.25, -0.2) is 0 Å². The van der Waals surface area contributed by atoms with Crippen LogP contribution in [0.15, 0.2) is 60.7 Å². The Morgan fingerprint density at radius 3 is 2.00 bits per heavy atom. The van der Waals surface area contributed by atoms with Crippen LogP contribution in [0.5, 0.6) is 0 Å². The summed E-state index contributed by atoms with van der Waals surface area (Å²) in [7, 11) is 0. The van der Waals surface area contributed by atoms with Gasteiger partial charge in [-0.05, 0) is 11.1 Å². The topological polar surface area (TPSA) is 37.4 Å². The minimum Gasteiger partial charge on any atom is -0.342 e. The summed E-state index contributed by atoms with van der Waals surface area (Å²) in [6.45, 7) is 2.62. The van der Waals surface area contributed by atoms with E-state index in [2.05, 4.69) is 24.3 Å². The fraction of sp³-hybridized carbons (Fsp3) is 0.300. The summed E-state index contributed by atoms with van der Waals surface area (Å²) in [4.78, 5) is 26.2. The highest BCUT2D eigenvalue weighted by Gasteiger charge is 2.35. The third kappa shape index (κ3) is 3.34. The standard InChI is InChI=1S/C20H21NO2/c1-15(22)21-13-12-19(23)18(14-21)20(16-8-4-2-5-9-16)17-10-6-3-7-11-17/h2-11,18,20H,12-14H2,1H3. The van der Waals surface area contributed by atoms with Gasteiger partial charge in [-0.15, -0.1) is 0 Å². The van der Waals surface area contributed by atoms with Gasteiger partial charge >= 0.3 is 0 Å². The van der Waals surface area contributed by atoms with E-state index >= 15 is 0 Å². The average molecular weight is 307 g/mol. The van der Waals surface area contributed by atoms with E-state index in [0.717, 1.165) is 11.1 Å². The van der Waals surface area contributed by atoms with Crippen molar-refractivity contribution in [3.05, 3.63) is 71.8 Å². The van der Waals surface area contributed by atoms with Crippen molar-refractivity contribution in [1.29, 1.82) is 0 Å². The third-order valence-electron chi connectivity index (χ3n) is 4.62. The summed E-state index contributed by atoms with van der Waals surface area (Å²) in [5, 5.41) is 0. The minimum atomic E-state index is -0.183. The molecule has 1 fully saturated rings. The lowest BCUT2D eigenvalue weighted by Gasteiger charge is -2.36. The zero-order chi connectivity index (χ0) is 16.2. The molecule has 0 saturated carbocycles. The second-order valence-corrected chi connectivity index (χ2v) is 6.09. The monoisotopic (exact) mass is 307 g/mol. The van der Waals surface area contributed by atoms with Crippen LogP contribution in [0, 0.1) is 5.92 Å². The molecule has 1 amide bonds. The number of likely N-dealkylation sites (tertiary alicyclic amines) is 1. The SMILES string of the molecule is CC(=O)N1CCC(=O)C(C(c2ccccc2)c2ccccc2)C1. The summed E-state index contributed by atoms with van der Waals surface area (Å²) in [5.41, 5.74) is 2.25. The maximum absolute atomic E-state index is 12.6. The van der Waals surface area contributed by atoms with Crippen LogP contribution in [0.1, 0.15) is 30.4 Å². The lowest BCUT2D eigenvalue weighted by Crippen LogP contribution is -2.45. The van der Waals surface area contributed by atoms with Crippen molar-refractivity contribution in [2.45, 2.75) is 19.3 Å². The summed E-state index contributed by atoms with van der Waals surface area (Å²) in [5.74, 6) is 0.104. The molecule has 3 heteroatoms. The zero-order valence-electron chi connectivity index (χ0n) is 13.3. The molecule has 2 aromatic rings. The first-order valence-corrected chi connectivity index (χ1v) is 8.05. The van der Waals surface area contributed by atoms with Gasteiger partial charge in [0.2, 0.25) is 5.91 Å². The summed E-state index contributed by atoms with van der Waals surface area (Å²) >= 11 is 0. The Hall–Kier alpha value is -2.42. The van der Waals surface area contributed by atoms with E-state index in [1.807, 2.05) is 36.4 Å². The number of piperidine rings is 1. The van der Waals surface area contributed by atoms with Crippen molar-refractivity contribution in [2.24, 2.45) is 5.92 Å². The van der Waals surface area contributed by atoms with E-state index in [1.54, 1.807) is 11.8 Å². The maximum atomic E-state index is 12.6. The molecule has 1 atom stereocenters. The highest BCUT2D eigenvalue weighted by atomic mass is 16.2. The molecule has 1 heterocycles. The van der Waals surface area contributed by atoms with Crippen molar-refractivity contribution < 1.29 is 9.59 Å². The summed E-state index contributed by atoms with van der Waals surface area (Å²) in [6, 6.07) is 20.2. The second-order valence-electron chi connectivity index (χ2n) is 6.09. The van der Waals surface area contributed by atoms with Crippen LogP contribution in [-0.4, -0.2) is 29.7 Å². The summed E-state index contributed by atoms with van der Waals surface area (Å²) in [6.07, 6.45) is 0.445. The van der Waals surface area contributed by atoms with Crippen molar-refractivity contribution in [1.82, 2.24) is 4.90 Å². The first kappa shape index (κ1) is 15.5. The molecule has 0 bridgehead atoms. The van der Waals surface area contributed by atoms with Gasteiger partial charge in [-0.1, -0.05) is 60.7 Å². The molecule has 1 aliphatic heterocycles. The Morgan fingerprint density at radius 1 is 1.00 bits per heavy atom. The number of rotatable bonds is 3. The molecule has 0 spiro atoms. The van der Waals surface area contributed by atoms with Gasteiger partial charge in [0.1, 0.15) is 5.78 Å². The predicted molar refractivity (Wildman–Crippen MR) is 90.1 cm³/mol. The molecule has 2 aromatic carbocycles. The van der Waals surface area contributed by atoms with E-state index in [4.69, 9.17) is 0 Å². The zero-order valence-corrected chi connectivity index (χ0v) is 13.3.